The van der Waals surface area contributed by atoms with E-state index in [9.17, 15) is 14.0 Å². The van der Waals surface area contributed by atoms with Gasteiger partial charge in [-0.05, 0) is 50.6 Å². The lowest BCUT2D eigenvalue weighted by atomic mass is 10.0. The second kappa shape index (κ2) is 10.5. The summed E-state index contributed by atoms with van der Waals surface area (Å²) < 4.78 is 36.9. The first kappa shape index (κ1) is 26.4. The lowest BCUT2D eigenvalue weighted by Gasteiger charge is -2.28. The number of para-hydroxylation sites is 1. The number of imidazole rings is 1. The van der Waals surface area contributed by atoms with E-state index in [4.69, 9.17) is 10.5 Å². The zero-order chi connectivity index (χ0) is 27.0. The van der Waals surface area contributed by atoms with Gasteiger partial charge in [0.1, 0.15) is 24.3 Å². The van der Waals surface area contributed by atoms with E-state index in [-0.39, 0.29) is 30.3 Å². The molecule has 0 fully saturated rings. The van der Waals surface area contributed by atoms with Gasteiger partial charge in [0, 0.05) is 30.2 Å². The number of aryl methyl sites for hydroxylation is 2. The zero-order valence-electron chi connectivity index (χ0n) is 21.4. The van der Waals surface area contributed by atoms with Crippen LogP contribution >= 0.6 is 11.3 Å². The van der Waals surface area contributed by atoms with Crippen molar-refractivity contribution in [1.82, 2.24) is 19.8 Å². The molecule has 1 aromatic carbocycles. The number of nitrogens with zero attached hydrogens (tertiary/aromatic N) is 3. The first-order valence-electron chi connectivity index (χ1n) is 12.3. The summed E-state index contributed by atoms with van der Waals surface area (Å²) in [5.41, 5.74) is 11.3. The molecule has 0 aliphatic heterocycles. The molecule has 3 heterocycles. The predicted molar refractivity (Wildman–Crippen MR) is 145 cm³/mol. The van der Waals surface area contributed by atoms with Crippen molar-refractivity contribution in [2.75, 3.05) is 13.2 Å². The Balaban J connectivity index is 1.32. The Morgan fingerprint density at radius 3 is 2.87 bits per heavy atom. The summed E-state index contributed by atoms with van der Waals surface area (Å²) in [5, 5.41) is 13.9. The number of fused-ring (bicyclic) bond motifs is 2. The molecule has 0 radical (unpaired) electrons. The van der Waals surface area contributed by atoms with Gasteiger partial charge in [-0.3, -0.25) is 0 Å². The SMILES string of the molecule is Cc1cc(OCC2=C(F)C=CCC2F)c2nc(C)c([NH+]([O-])NCC(C)(N)Cc3nc4ccccc4s3)n2c1. The number of quaternary nitrogens is 1. The van der Waals surface area contributed by atoms with Gasteiger partial charge >= 0.3 is 0 Å². The third-order valence-corrected chi connectivity index (χ3v) is 7.47. The molecule has 11 heteroatoms. The number of hydrogen-bond donors (Lipinski definition) is 3. The molecular weight excluding hydrogens is 510 g/mol. The minimum absolute atomic E-state index is 0.0382. The predicted octanol–water partition coefficient (Wildman–Crippen LogP) is 3.94. The van der Waals surface area contributed by atoms with Crippen LogP contribution in [-0.4, -0.2) is 39.2 Å². The molecule has 4 N–H and O–H groups in total. The summed E-state index contributed by atoms with van der Waals surface area (Å²) in [6.07, 6.45) is 3.68. The second-order valence-electron chi connectivity index (χ2n) is 9.98. The first-order valence-corrected chi connectivity index (χ1v) is 13.2. The minimum Gasteiger partial charge on any atom is -0.607 e. The van der Waals surface area contributed by atoms with Crippen LogP contribution in [0.25, 0.3) is 15.9 Å². The summed E-state index contributed by atoms with van der Waals surface area (Å²) >= 11 is 1.59. The second-order valence-corrected chi connectivity index (χ2v) is 11.1. The minimum atomic E-state index is -1.43. The van der Waals surface area contributed by atoms with Crippen LogP contribution in [0.3, 0.4) is 0 Å². The Bertz CT molecular complexity index is 1510. The smallest absolute Gasteiger partial charge is 0.253 e. The van der Waals surface area contributed by atoms with Gasteiger partial charge in [0.25, 0.3) is 5.82 Å². The van der Waals surface area contributed by atoms with Crippen LogP contribution in [0.15, 0.2) is 60.1 Å². The number of thiazole rings is 1. The highest BCUT2D eigenvalue weighted by atomic mass is 32.1. The van der Waals surface area contributed by atoms with Crippen LogP contribution < -0.4 is 21.1 Å². The Kier molecular flexibility index (Phi) is 7.30. The number of ether oxygens (including phenoxy) is 1. The van der Waals surface area contributed by atoms with E-state index in [2.05, 4.69) is 15.4 Å². The maximum atomic E-state index is 14.2. The van der Waals surface area contributed by atoms with Crippen molar-refractivity contribution in [3.63, 3.8) is 0 Å². The van der Waals surface area contributed by atoms with E-state index >= 15 is 0 Å². The highest BCUT2D eigenvalue weighted by Crippen LogP contribution is 2.29. The summed E-state index contributed by atoms with van der Waals surface area (Å²) in [6.45, 7) is 5.43. The van der Waals surface area contributed by atoms with Crippen molar-refractivity contribution in [3.05, 3.63) is 81.6 Å². The Labute approximate surface area is 223 Å². The normalized spacial score (nSPS) is 18.3. The van der Waals surface area contributed by atoms with E-state index in [1.54, 1.807) is 34.9 Å². The quantitative estimate of drug-likeness (QED) is 0.278. The number of rotatable bonds is 9. The molecule has 3 aromatic heterocycles. The fraction of sp³-hybridized carbons (Fsp3) is 0.333. The van der Waals surface area contributed by atoms with Crippen molar-refractivity contribution in [3.8, 4) is 5.75 Å². The fourth-order valence-electron chi connectivity index (χ4n) is 4.51. The molecule has 1 aliphatic carbocycles. The molecule has 0 bridgehead atoms. The molecule has 200 valence electrons. The van der Waals surface area contributed by atoms with Crippen LogP contribution in [0, 0.1) is 19.1 Å². The number of nitrogens with one attached hydrogen (secondary N) is 2. The average Bonchev–Trinajstić information content (AvgIpc) is 3.41. The molecule has 38 heavy (non-hydrogen) atoms. The average molecular weight is 541 g/mol. The number of allylic oxidation sites excluding steroid dienone is 3. The van der Waals surface area contributed by atoms with Crippen molar-refractivity contribution < 1.29 is 18.7 Å². The molecular formula is C27H30F2N6O2S. The summed E-state index contributed by atoms with van der Waals surface area (Å²) in [7, 11) is 0. The summed E-state index contributed by atoms with van der Waals surface area (Å²) in [6, 6.07) is 9.65. The number of pyridine rings is 1. The Morgan fingerprint density at radius 2 is 2.11 bits per heavy atom. The van der Waals surface area contributed by atoms with E-state index in [0.29, 0.717) is 29.3 Å². The van der Waals surface area contributed by atoms with Crippen LogP contribution in [0.1, 0.15) is 29.6 Å². The van der Waals surface area contributed by atoms with Crippen LogP contribution in [0.4, 0.5) is 14.6 Å². The van der Waals surface area contributed by atoms with Crippen molar-refractivity contribution in [1.29, 1.82) is 0 Å². The standard InChI is InChI=1S/C27H30F2N6O2S/c1-16-11-22(37-14-18-19(28)7-6-8-20(18)29)25-32-17(2)26(34(25)13-16)35(36)31-15-27(3,30)12-24-33-21-9-4-5-10-23(21)38-24/h4-7,9-11,13,20,31,35H,8,12,14-15,30H2,1-3H3. The van der Waals surface area contributed by atoms with Gasteiger partial charge in [-0.25, -0.2) is 28.3 Å². The number of alkyl halides is 1. The zero-order valence-corrected chi connectivity index (χ0v) is 22.2. The maximum absolute atomic E-state index is 14.2. The topological polar surface area (TPSA) is 105 Å². The molecule has 8 nitrogen and oxygen atoms in total. The monoisotopic (exact) mass is 540 g/mol. The van der Waals surface area contributed by atoms with Crippen LogP contribution in [0.5, 0.6) is 5.75 Å². The van der Waals surface area contributed by atoms with Gasteiger partial charge in [-0.2, -0.15) is 5.43 Å². The van der Waals surface area contributed by atoms with Gasteiger partial charge in [0.05, 0.1) is 21.8 Å². The fourth-order valence-corrected chi connectivity index (χ4v) is 5.68. The van der Waals surface area contributed by atoms with Gasteiger partial charge < -0.3 is 15.7 Å². The van der Waals surface area contributed by atoms with Crippen LogP contribution in [-0.2, 0) is 6.42 Å². The molecule has 0 saturated heterocycles. The molecule has 0 amide bonds. The molecule has 3 unspecified atom stereocenters. The van der Waals surface area contributed by atoms with E-state index < -0.39 is 17.5 Å². The number of hydrogen-bond acceptors (Lipinski definition) is 7. The first-order chi connectivity index (χ1) is 18.1. The lowest BCUT2D eigenvalue weighted by molar-refractivity contribution is -0.832. The van der Waals surface area contributed by atoms with E-state index in [0.717, 1.165) is 20.8 Å². The third kappa shape index (κ3) is 5.47. The van der Waals surface area contributed by atoms with Crippen molar-refractivity contribution >= 4 is 33.0 Å². The van der Waals surface area contributed by atoms with Crippen molar-refractivity contribution in [2.45, 2.75) is 45.3 Å². The molecule has 3 atom stereocenters. The molecule has 5 rings (SSSR count). The largest absolute Gasteiger partial charge is 0.607 e. The maximum Gasteiger partial charge on any atom is 0.253 e. The van der Waals surface area contributed by atoms with Gasteiger partial charge in [0.15, 0.2) is 11.4 Å². The lowest BCUT2D eigenvalue weighted by Crippen LogP contribution is -3.10. The van der Waals surface area contributed by atoms with Gasteiger partial charge in [-0.1, -0.05) is 18.2 Å². The number of benzene rings is 1. The molecule has 0 spiro atoms. The highest BCUT2D eigenvalue weighted by molar-refractivity contribution is 7.18. The van der Waals surface area contributed by atoms with E-state index in [1.807, 2.05) is 38.1 Å². The van der Waals surface area contributed by atoms with E-state index in [1.165, 1.54) is 12.2 Å². The van der Waals surface area contributed by atoms with Gasteiger partial charge in [-0.15, -0.1) is 11.3 Å². The number of nitrogens with two attached hydrogens (primary N) is 1. The number of aromatic nitrogens is 3. The molecule has 4 aromatic rings. The Morgan fingerprint density at radius 1 is 1.32 bits per heavy atom. The van der Waals surface area contributed by atoms with Crippen LogP contribution in [0.2, 0.25) is 0 Å². The summed E-state index contributed by atoms with van der Waals surface area (Å²) in [5.74, 6) is 0.0649. The van der Waals surface area contributed by atoms with Crippen molar-refractivity contribution in [2.24, 2.45) is 5.73 Å². The molecule has 1 aliphatic rings. The molecule has 0 saturated carbocycles. The van der Waals surface area contributed by atoms with Gasteiger partial charge in [0.2, 0.25) is 0 Å². The number of halogens is 2. The summed E-state index contributed by atoms with van der Waals surface area (Å²) in [4.78, 5) is 9.19. The Hall–Kier alpha value is -3.22. The third-order valence-electron chi connectivity index (χ3n) is 6.43. The highest BCUT2D eigenvalue weighted by Gasteiger charge is 2.26.